The van der Waals surface area contributed by atoms with Gasteiger partial charge in [0.25, 0.3) is 0 Å². The number of aromatic amines is 1. The fourth-order valence-electron chi connectivity index (χ4n) is 2.83. The Morgan fingerprint density at radius 3 is 2.56 bits per heavy atom. The van der Waals surface area contributed by atoms with Crippen molar-refractivity contribution >= 4 is 22.6 Å². The van der Waals surface area contributed by atoms with E-state index in [1.54, 1.807) is 24.7 Å². The van der Waals surface area contributed by atoms with Gasteiger partial charge in [0.15, 0.2) is 5.43 Å². The average molecular weight is 349 g/mol. The smallest absolute Gasteiger partial charge is 0.191 e. The highest BCUT2D eigenvalue weighted by Crippen LogP contribution is 2.33. The third-order valence-electron chi connectivity index (χ3n) is 3.93. The third-order valence-corrected chi connectivity index (χ3v) is 4.12. The van der Waals surface area contributed by atoms with Gasteiger partial charge < -0.3 is 4.98 Å². The maximum absolute atomic E-state index is 12.2. The number of aromatic nitrogens is 4. The zero-order chi connectivity index (χ0) is 17.4. The van der Waals surface area contributed by atoms with Gasteiger partial charge >= 0.3 is 0 Å². The number of fused-ring (bicyclic) bond motifs is 1. The van der Waals surface area contributed by atoms with Crippen molar-refractivity contribution in [1.29, 1.82) is 0 Å². The molecule has 0 saturated carbocycles. The number of aryl methyl sites for hydroxylation is 1. The first-order valence-electron chi connectivity index (χ1n) is 7.69. The monoisotopic (exact) mass is 348 g/mol. The van der Waals surface area contributed by atoms with Gasteiger partial charge in [-0.05, 0) is 42.8 Å². The molecule has 6 heteroatoms. The molecule has 0 aliphatic heterocycles. The molecule has 0 atom stereocenters. The molecule has 0 amide bonds. The predicted molar refractivity (Wildman–Crippen MR) is 98.6 cm³/mol. The van der Waals surface area contributed by atoms with E-state index in [9.17, 15) is 4.79 Å². The number of nitrogens with zero attached hydrogens (tertiary/aromatic N) is 3. The minimum atomic E-state index is -0.0827. The van der Waals surface area contributed by atoms with Crippen LogP contribution in [0.2, 0.25) is 5.15 Å². The second kappa shape index (κ2) is 6.11. The van der Waals surface area contributed by atoms with E-state index in [2.05, 4.69) is 15.0 Å². The van der Waals surface area contributed by atoms with E-state index in [4.69, 9.17) is 16.6 Å². The van der Waals surface area contributed by atoms with E-state index in [0.29, 0.717) is 16.2 Å². The highest BCUT2D eigenvalue weighted by Gasteiger charge is 2.14. The highest BCUT2D eigenvalue weighted by atomic mass is 35.5. The van der Waals surface area contributed by atoms with E-state index < -0.39 is 0 Å². The summed E-state index contributed by atoms with van der Waals surface area (Å²) in [5, 5.41) is 0.929. The molecule has 4 aromatic heterocycles. The standard InChI is InChI=1S/C19H13ClN4O/c1-11-8-13(9-17(20)23-11)14-10-15-16(25)4-7-22-19(15)24-18(14)12-2-5-21-6-3-12/h2-10H,1H3,(H,22,24,25). The summed E-state index contributed by atoms with van der Waals surface area (Å²) in [6, 6.07) is 10.8. The fraction of sp³-hybridized carbons (Fsp3) is 0.0526. The number of pyridine rings is 4. The van der Waals surface area contributed by atoms with Crippen LogP contribution in [0.25, 0.3) is 33.4 Å². The first kappa shape index (κ1) is 15.5. The molecule has 5 nitrogen and oxygen atoms in total. The number of nitrogens with one attached hydrogen (secondary N) is 1. The van der Waals surface area contributed by atoms with E-state index in [0.717, 1.165) is 28.1 Å². The molecule has 25 heavy (non-hydrogen) atoms. The number of H-pyrrole nitrogens is 1. The van der Waals surface area contributed by atoms with Crippen LogP contribution in [0.3, 0.4) is 0 Å². The largest absolute Gasteiger partial charge is 0.346 e. The van der Waals surface area contributed by atoms with Crippen LogP contribution in [0.1, 0.15) is 5.69 Å². The predicted octanol–water partition coefficient (Wildman–Crippen LogP) is 4.01. The van der Waals surface area contributed by atoms with Gasteiger partial charge in [-0.2, -0.15) is 0 Å². The molecule has 0 aliphatic carbocycles. The van der Waals surface area contributed by atoms with Crippen molar-refractivity contribution in [3.63, 3.8) is 0 Å². The van der Waals surface area contributed by atoms with Gasteiger partial charge in [0, 0.05) is 41.5 Å². The van der Waals surface area contributed by atoms with Gasteiger partial charge in [-0.25, -0.2) is 9.97 Å². The molecule has 0 bridgehead atoms. The highest BCUT2D eigenvalue weighted by molar-refractivity contribution is 6.29. The maximum atomic E-state index is 12.2. The van der Waals surface area contributed by atoms with Crippen LogP contribution in [-0.2, 0) is 0 Å². The number of rotatable bonds is 2. The molecular weight excluding hydrogens is 336 g/mol. The van der Waals surface area contributed by atoms with Crippen LogP contribution in [0.15, 0.2) is 59.8 Å². The zero-order valence-electron chi connectivity index (χ0n) is 13.3. The number of halogens is 1. The average Bonchev–Trinajstić information content (AvgIpc) is 2.61. The molecule has 1 N–H and O–H groups in total. The Bertz CT molecular complexity index is 1120. The van der Waals surface area contributed by atoms with E-state index in [1.807, 2.05) is 31.2 Å². The van der Waals surface area contributed by atoms with Crippen molar-refractivity contribution < 1.29 is 0 Å². The lowest BCUT2D eigenvalue weighted by Crippen LogP contribution is -2.03. The molecule has 0 fully saturated rings. The fourth-order valence-corrected chi connectivity index (χ4v) is 3.08. The van der Waals surface area contributed by atoms with Crippen LogP contribution >= 0.6 is 11.6 Å². The molecule has 4 heterocycles. The Balaban J connectivity index is 2.10. The van der Waals surface area contributed by atoms with Crippen molar-refractivity contribution in [3.05, 3.63) is 76.1 Å². The summed E-state index contributed by atoms with van der Waals surface area (Å²) in [5.74, 6) is 0. The first-order valence-corrected chi connectivity index (χ1v) is 8.07. The summed E-state index contributed by atoms with van der Waals surface area (Å²) < 4.78 is 0. The minimum Gasteiger partial charge on any atom is -0.346 e. The lowest BCUT2D eigenvalue weighted by molar-refractivity contribution is 1.20. The van der Waals surface area contributed by atoms with E-state index in [1.165, 1.54) is 6.07 Å². The Kier molecular flexibility index (Phi) is 3.78. The van der Waals surface area contributed by atoms with Crippen molar-refractivity contribution in [1.82, 2.24) is 19.9 Å². The summed E-state index contributed by atoms with van der Waals surface area (Å²) >= 11 is 6.14. The van der Waals surface area contributed by atoms with Crippen LogP contribution in [0, 0.1) is 6.92 Å². The van der Waals surface area contributed by atoms with Gasteiger partial charge in [-0.1, -0.05) is 11.6 Å². The number of hydrogen-bond acceptors (Lipinski definition) is 4. The van der Waals surface area contributed by atoms with E-state index in [-0.39, 0.29) is 5.43 Å². The second-order valence-corrected chi connectivity index (χ2v) is 6.07. The lowest BCUT2D eigenvalue weighted by Gasteiger charge is -2.12. The third kappa shape index (κ3) is 2.90. The van der Waals surface area contributed by atoms with Gasteiger partial charge in [0.05, 0.1) is 11.1 Å². The van der Waals surface area contributed by atoms with Crippen molar-refractivity contribution in [2.45, 2.75) is 6.92 Å². The van der Waals surface area contributed by atoms with Crippen LogP contribution in [0.5, 0.6) is 0 Å². The van der Waals surface area contributed by atoms with Crippen LogP contribution in [0.4, 0.5) is 0 Å². The quantitative estimate of drug-likeness (QED) is 0.555. The zero-order valence-corrected chi connectivity index (χ0v) is 14.1. The Morgan fingerprint density at radius 1 is 1.00 bits per heavy atom. The second-order valence-electron chi connectivity index (χ2n) is 5.68. The molecule has 0 unspecified atom stereocenters. The van der Waals surface area contributed by atoms with E-state index >= 15 is 0 Å². The van der Waals surface area contributed by atoms with Gasteiger partial charge in [0.1, 0.15) is 10.8 Å². The SMILES string of the molecule is Cc1cc(-c2cc3c(=O)cc[nH]c3nc2-c2ccncc2)cc(Cl)n1. The number of hydrogen-bond donors (Lipinski definition) is 1. The molecule has 0 aliphatic rings. The molecule has 0 saturated heterocycles. The molecule has 0 radical (unpaired) electrons. The van der Waals surface area contributed by atoms with Crippen molar-refractivity contribution in [2.24, 2.45) is 0 Å². The minimum absolute atomic E-state index is 0.0827. The molecular formula is C19H13ClN4O. The lowest BCUT2D eigenvalue weighted by atomic mass is 9.99. The van der Waals surface area contributed by atoms with Gasteiger partial charge in [-0.15, -0.1) is 0 Å². The summed E-state index contributed by atoms with van der Waals surface area (Å²) in [7, 11) is 0. The molecule has 122 valence electrons. The summed E-state index contributed by atoms with van der Waals surface area (Å²) in [6.45, 7) is 1.88. The van der Waals surface area contributed by atoms with Crippen molar-refractivity contribution in [3.8, 4) is 22.4 Å². The van der Waals surface area contributed by atoms with Gasteiger partial charge in [0.2, 0.25) is 0 Å². The summed E-state index contributed by atoms with van der Waals surface area (Å²) in [5.41, 5.74) is 4.59. The summed E-state index contributed by atoms with van der Waals surface area (Å²) in [4.78, 5) is 28.2. The van der Waals surface area contributed by atoms with Crippen molar-refractivity contribution in [2.75, 3.05) is 0 Å². The molecule has 0 aromatic carbocycles. The summed E-state index contributed by atoms with van der Waals surface area (Å²) in [6.07, 6.45) is 5.02. The van der Waals surface area contributed by atoms with Gasteiger partial charge in [-0.3, -0.25) is 9.78 Å². The molecule has 0 spiro atoms. The Morgan fingerprint density at radius 2 is 1.80 bits per heavy atom. The first-order chi connectivity index (χ1) is 12.1. The maximum Gasteiger partial charge on any atom is 0.191 e. The molecule has 4 aromatic rings. The Labute approximate surface area is 148 Å². The Hall–Kier alpha value is -3.05. The van der Waals surface area contributed by atoms with Crippen LogP contribution < -0.4 is 5.43 Å². The molecule has 4 rings (SSSR count). The van der Waals surface area contributed by atoms with Crippen LogP contribution in [-0.4, -0.2) is 19.9 Å². The topological polar surface area (TPSA) is 71.5 Å². The normalized spacial score (nSPS) is 11.0.